The predicted octanol–water partition coefficient (Wildman–Crippen LogP) is 3.47. The first-order valence-electron chi connectivity index (χ1n) is 8.98. The minimum absolute atomic E-state index is 0.0737. The Labute approximate surface area is 166 Å². The van der Waals surface area contributed by atoms with Gasteiger partial charge in [0.15, 0.2) is 6.54 Å². The third-order valence-electron chi connectivity index (χ3n) is 4.97. The van der Waals surface area contributed by atoms with E-state index in [0.29, 0.717) is 12.1 Å². The standard InChI is InChI=1S/C20H21F2N2O3S/c1-26-16-9-5-15(6-10-16)23-13-20(25,24-11-2-12-28-19(23)24)14-3-7-17(8-4-14)27-18(21)22/h3-10,18,25H,2,11-13H2,1H3/q+1/t20-/m0/s1. The van der Waals surface area contributed by atoms with Crippen LogP contribution in [-0.4, -0.2) is 47.4 Å². The number of methoxy groups -OCH3 is 1. The third kappa shape index (κ3) is 3.42. The largest absolute Gasteiger partial charge is 0.497 e. The number of halogens is 2. The minimum atomic E-state index is -2.87. The molecule has 2 heterocycles. The lowest BCUT2D eigenvalue weighted by molar-refractivity contribution is -0.656. The Kier molecular flexibility index (Phi) is 5.16. The lowest BCUT2D eigenvalue weighted by atomic mass is 10.0. The molecular formula is C20H21F2N2O3S+. The van der Waals surface area contributed by atoms with Gasteiger partial charge in [-0.2, -0.15) is 8.78 Å². The van der Waals surface area contributed by atoms with Crippen LogP contribution in [-0.2, 0) is 5.72 Å². The molecule has 4 rings (SSSR count). The first kappa shape index (κ1) is 19.0. The summed E-state index contributed by atoms with van der Waals surface area (Å²) in [5.74, 6) is 1.82. The number of nitrogens with zero attached hydrogens (tertiary/aromatic N) is 2. The van der Waals surface area contributed by atoms with Gasteiger partial charge in [-0.25, -0.2) is 9.48 Å². The summed E-state index contributed by atoms with van der Waals surface area (Å²) in [5.41, 5.74) is 0.361. The van der Waals surface area contributed by atoms with Crippen LogP contribution >= 0.6 is 11.8 Å². The molecule has 0 aromatic heterocycles. The molecule has 2 aliphatic heterocycles. The normalized spacial score (nSPS) is 21.8. The highest BCUT2D eigenvalue weighted by molar-refractivity contribution is 8.13. The minimum Gasteiger partial charge on any atom is -0.497 e. The zero-order valence-corrected chi connectivity index (χ0v) is 16.2. The van der Waals surface area contributed by atoms with Crippen molar-refractivity contribution in [3.05, 3.63) is 54.1 Å². The first-order valence-corrected chi connectivity index (χ1v) is 9.96. The van der Waals surface area contributed by atoms with Gasteiger partial charge in [0.2, 0.25) is 0 Å². The van der Waals surface area contributed by atoms with Gasteiger partial charge in [-0.3, -0.25) is 0 Å². The Bertz CT molecular complexity index is 874. The molecule has 28 heavy (non-hydrogen) atoms. The molecular weight excluding hydrogens is 386 g/mol. The van der Waals surface area contributed by atoms with Gasteiger partial charge in [0.1, 0.15) is 17.2 Å². The molecule has 0 radical (unpaired) electrons. The van der Waals surface area contributed by atoms with E-state index < -0.39 is 12.3 Å². The Balaban J connectivity index is 1.68. The van der Waals surface area contributed by atoms with Crippen LogP contribution in [0.25, 0.3) is 0 Å². The summed E-state index contributed by atoms with van der Waals surface area (Å²) in [6.07, 6.45) is 0.958. The number of aliphatic hydroxyl groups is 1. The average molecular weight is 407 g/mol. The molecule has 0 amide bonds. The van der Waals surface area contributed by atoms with Crippen molar-refractivity contribution in [2.24, 2.45) is 0 Å². The van der Waals surface area contributed by atoms with Crippen LogP contribution < -0.4 is 14.4 Å². The number of β-amino-alcohol motifs (C(OH)–C–C–N with tert-alkyl or cyclic N) is 1. The number of alkyl halides is 2. The Morgan fingerprint density at radius 2 is 1.79 bits per heavy atom. The van der Waals surface area contributed by atoms with Crippen molar-refractivity contribution in [2.45, 2.75) is 18.8 Å². The number of hydrogen-bond acceptors (Lipinski definition) is 5. The molecule has 2 aromatic carbocycles. The van der Waals surface area contributed by atoms with Gasteiger partial charge in [-0.05, 0) is 66.7 Å². The maximum absolute atomic E-state index is 12.4. The molecule has 8 heteroatoms. The van der Waals surface area contributed by atoms with Gasteiger partial charge in [-0.1, -0.05) is 0 Å². The van der Waals surface area contributed by atoms with E-state index in [2.05, 4.69) is 9.64 Å². The smallest absolute Gasteiger partial charge is 0.387 e. The van der Waals surface area contributed by atoms with E-state index in [1.807, 2.05) is 28.8 Å². The topological polar surface area (TPSA) is 44.9 Å². The molecule has 1 N–H and O–H groups in total. The Morgan fingerprint density at radius 1 is 1.11 bits per heavy atom. The number of hydrogen-bond donors (Lipinski definition) is 1. The summed E-state index contributed by atoms with van der Waals surface area (Å²) in [4.78, 5) is 2.09. The second-order valence-electron chi connectivity index (χ2n) is 6.64. The van der Waals surface area contributed by atoms with Crippen molar-refractivity contribution in [3.8, 4) is 11.5 Å². The van der Waals surface area contributed by atoms with E-state index in [-0.39, 0.29) is 5.75 Å². The fourth-order valence-electron chi connectivity index (χ4n) is 3.61. The molecule has 1 atom stereocenters. The molecule has 0 saturated heterocycles. The number of anilines is 1. The van der Waals surface area contributed by atoms with Gasteiger partial charge in [0.05, 0.1) is 13.7 Å². The van der Waals surface area contributed by atoms with Crippen LogP contribution in [0.5, 0.6) is 11.5 Å². The molecule has 0 saturated carbocycles. The number of amidine groups is 1. The molecule has 2 aliphatic rings. The molecule has 0 fully saturated rings. The van der Waals surface area contributed by atoms with Crippen LogP contribution in [0.15, 0.2) is 48.5 Å². The summed E-state index contributed by atoms with van der Waals surface area (Å²) in [6.45, 7) is -1.80. The van der Waals surface area contributed by atoms with Crippen molar-refractivity contribution in [1.29, 1.82) is 0 Å². The summed E-state index contributed by atoms with van der Waals surface area (Å²) >= 11 is 1.71. The molecule has 0 spiro atoms. The highest BCUT2D eigenvalue weighted by Gasteiger charge is 2.53. The monoisotopic (exact) mass is 407 g/mol. The van der Waals surface area contributed by atoms with E-state index in [1.54, 1.807) is 31.0 Å². The van der Waals surface area contributed by atoms with Crippen molar-refractivity contribution in [2.75, 3.05) is 30.9 Å². The lowest BCUT2D eigenvalue weighted by Gasteiger charge is -2.24. The number of ether oxygens (including phenoxy) is 2. The summed E-state index contributed by atoms with van der Waals surface area (Å²) in [5, 5.41) is 12.6. The van der Waals surface area contributed by atoms with E-state index in [0.717, 1.165) is 35.3 Å². The maximum Gasteiger partial charge on any atom is 0.387 e. The second kappa shape index (κ2) is 7.60. The van der Waals surface area contributed by atoms with Gasteiger partial charge < -0.3 is 14.6 Å². The van der Waals surface area contributed by atoms with Crippen LogP contribution in [0.4, 0.5) is 14.5 Å². The molecule has 2 aromatic rings. The SMILES string of the molecule is COc1ccc(N2C[C@](O)(c3ccc(OC(F)F)cc3)[N+]3=C2SCCC3)cc1. The van der Waals surface area contributed by atoms with Crippen molar-refractivity contribution in [1.82, 2.24) is 0 Å². The highest BCUT2D eigenvalue weighted by Crippen LogP contribution is 2.38. The molecule has 148 valence electrons. The van der Waals surface area contributed by atoms with E-state index in [9.17, 15) is 13.9 Å². The molecule has 0 bridgehead atoms. The van der Waals surface area contributed by atoms with Crippen molar-refractivity contribution in [3.63, 3.8) is 0 Å². The second-order valence-corrected chi connectivity index (χ2v) is 7.70. The number of thioether (sulfide) groups is 1. The average Bonchev–Trinajstić information content (AvgIpc) is 3.02. The van der Waals surface area contributed by atoms with Crippen molar-refractivity contribution < 1.29 is 27.9 Å². The zero-order valence-electron chi connectivity index (χ0n) is 15.3. The van der Waals surface area contributed by atoms with Gasteiger partial charge >= 0.3 is 11.8 Å². The van der Waals surface area contributed by atoms with E-state index >= 15 is 0 Å². The Hall–Kier alpha value is -2.32. The molecule has 5 nitrogen and oxygen atoms in total. The summed E-state index contributed by atoms with van der Waals surface area (Å²) in [7, 11) is 1.62. The van der Waals surface area contributed by atoms with Crippen molar-refractivity contribution >= 4 is 22.6 Å². The van der Waals surface area contributed by atoms with Gasteiger partial charge in [0.25, 0.3) is 5.72 Å². The molecule has 0 aliphatic carbocycles. The zero-order chi connectivity index (χ0) is 19.7. The van der Waals surface area contributed by atoms with Crippen LogP contribution in [0.2, 0.25) is 0 Å². The fourth-order valence-corrected chi connectivity index (χ4v) is 4.79. The van der Waals surface area contributed by atoms with Crippen LogP contribution in [0.3, 0.4) is 0 Å². The number of rotatable bonds is 5. The third-order valence-corrected chi connectivity index (χ3v) is 6.16. The fraction of sp³-hybridized carbons (Fsp3) is 0.350. The lowest BCUT2D eigenvalue weighted by Crippen LogP contribution is -2.41. The van der Waals surface area contributed by atoms with E-state index in [4.69, 9.17) is 4.74 Å². The van der Waals surface area contributed by atoms with Crippen LogP contribution in [0, 0.1) is 0 Å². The van der Waals surface area contributed by atoms with Gasteiger partial charge in [0, 0.05) is 11.3 Å². The predicted molar refractivity (Wildman–Crippen MR) is 105 cm³/mol. The number of benzene rings is 2. The van der Waals surface area contributed by atoms with E-state index in [1.165, 1.54) is 12.1 Å². The molecule has 0 unspecified atom stereocenters. The Morgan fingerprint density at radius 3 is 2.43 bits per heavy atom. The maximum atomic E-state index is 12.4. The quantitative estimate of drug-likeness (QED) is 0.769. The first-order chi connectivity index (χ1) is 13.5. The summed E-state index contributed by atoms with van der Waals surface area (Å²) in [6, 6.07) is 13.9. The summed E-state index contributed by atoms with van der Waals surface area (Å²) < 4.78 is 36.5. The van der Waals surface area contributed by atoms with Crippen LogP contribution in [0.1, 0.15) is 12.0 Å². The highest BCUT2D eigenvalue weighted by atomic mass is 32.2. The van der Waals surface area contributed by atoms with Gasteiger partial charge in [-0.15, -0.1) is 0 Å².